The van der Waals surface area contributed by atoms with Crippen molar-refractivity contribution in [2.24, 2.45) is 11.7 Å². The Hall–Kier alpha value is -0.120. The van der Waals surface area contributed by atoms with E-state index < -0.39 is 0 Å². The summed E-state index contributed by atoms with van der Waals surface area (Å²) in [6, 6.07) is 0.941. The van der Waals surface area contributed by atoms with E-state index in [1.54, 1.807) is 0 Å². The van der Waals surface area contributed by atoms with Gasteiger partial charge in [-0.15, -0.1) is 0 Å². The first kappa shape index (κ1) is 12.3. The van der Waals surface area contributed by atoms with Crippen molar-refractivity contribution in [1.29, 1.82) is 0 Å². The molecule has 0 radical (unpaired) electrons. The second-order valence-electron chi connectivity index (χ2n) is 5.48. The normalized spacial score (nSPS) is 34.1. The number of nitrogens with zero attached hydrogens (tertiary/aromatic N) is 1. The molecule has 2 aliphatic rings. The lowest BCUT2D eigenvalue weighted by Crippen LogP contribution is -2.49. The Balaban J connectivity index is 1.76. The average Bonchev–Trinajstić information content (AvgIpc) is 2.79. The Bertz CT molecular complexity index is 202. The molecule has 94 valence electrons. The summed E-state index contributed by atoms with van der Waals surface area (Å²) in [7, 11) is 0. The predicted molar refractivity (Wildman–Crippen MR) is 66.4 cm³/mol. The molecule has 0 aliphatic carbocycles. The molecule has 0 aromatic heterocycles. The zero-order valence-corrected chi connectivity index (χ0v) is 10.5. The SMILES string of the molecule is CC(N)C1CCCCN1CCC1CCOC1. The van der Waals surface area contributed by atoms with Gasteiger partial charge in [-0.25, -0.2) is 0 Å². The fourth-order valence-corrected chi connectivity index (χ4v) is 3.05. The van der Waals surface area contributed by atoms with Crippen molar-refractivity contribution in [3.8, 4) is 0 Å². The first-order valence-corrected chi connectivity index (χ1v) is 6.85. The topological polar surface area (TPSA) is 38.5 Å². The summed E-state index contributed by atoms with van der Waals surface area (Å²) in [5.41, 5.74) is 6.07. The largest absolute Gasteiger partial charge is 0.381 e. The molecule has 0 spiro atoms. The molecular weight excluding hydrogens is 200 g/mol. The maximum atomic E-state index is 6.07. The molecule has 2 aliphatic heterocycles. The minimum Gasteiger partial charge on any atom is -0.381 e. The Kier molecular flexibility index (Phi) is 4.62. The first-order chi connectivity index (χ1) is 7.77. The number of hydrogen-bond donors (Lipinski definition) is 1. The Morgan fingerprint density at radius 3 is 2.94 bits per heavy atom. The van der Waals surface area contributed by atoms with Crippen molar-refractivity contribution < 1.29 is 4.74 Å². The van der Waals surface area contributed by atoms with Gasteiger partial charge in [0.2, 0.25) is 0 Å². The molecule has 0 saturated carbocycles. The molecule has 3 atom stereocenters. The molecule has 2 saturated heterocycles. The average molecular weight is 226 g/mol. The molecule has 0 bridgehead atoms. The molecule has 3 unspecified atom stereocenters. The summed E-state index contributed by atoms with van der Waals surface area (Å²) >= 11 is 0. The zero-order chi connectivity index (χ0) is 11.4. The van der Waals surface area contributed by atoms with E-state index in [4.69, 9.17) is 10.5 Å². The van der Waals surface area contributed by atoms with Crippen LogP contribution in [0.25, 0.3) is 0 Å². The molecule has 2 N–H and O–H groups in total. The highest BCUT2D eigenvalue weighted by molar-refractivity contribution is 4.83. The fourth-order valence-electron chi connectivity index (χ4n) is 3.05. The van der Waals surface area contributed by atoms with Gasteiger partial charge in [0.05, 0.1) is 0 Å². The third kappa shape index (κ3) is 3.19. The highest BCUT2D eigenvalue weighted by Gasteiger charge is 2.26. The van der Waals surface area contributed by atoms with Gasteiger partial charge >= 0.3 is 0 Å². The molecule has 3 heteroatoms. The van der Waals surface area contributed by atoms with Gasteiger partial charge in [0.1, 0.15) is 0 Å². The Morgan fingerprint density at radius 1 is 1.38 bits per heavy atom. The standard InChI is InChI=1S/C13H26N2O/c1-11(14)13-4-2-3-7-15(13)8-5-12-6-9-16-10-12/h11-13H,2-10,14H2,1H3. The molecule has 3 nitrogen and oxygen atoms in total. The maximum absolute atomic E-state index is 6.07. The van der Waals surface area contributed by atoms with Gasteiger partial charge < -0.3 is 10.5 Å². The van der Waals surface area contributed by atoms with Gasteiger partial charge in [-0.1, -0.05) is 6.42 Å². The van der Waals surface area contributed by atoms with Crippen LogP contribution in [0.5, 0.6) is 0 Å². The molecule has 16 heavy (non-hydrogen) atoms. The van der Waals surface area contributed by atoms with E-state index in [1.165, 1.54) is 45.2 Å². The number of rotatable bonds is 4. The van der Waals surface area contributed by atoms with E-state index in [0.29, 0.717) is 12.1 Å². The van der Waals surface area contributed by atoms with Crippen molar-refractivity contribution in [2.75, 3.05) is 26.3 Å². The second-order valence-corrected chi connectivity index (χ2v) is 5.48. The van der Waals surface area contributed by atoms with E-state index in [-0.39, 0.29) is 0 Å². The Labute approximate surface area is 99.3 Å². The monoisotopic (exact) mass is 226 g/mol. The fraction of sp³-hybridized carbons (Fsp3) is 1.00. The highest BCUT2D eigenvalue weighted by Crippen LogP contribution is 2.22. The van der Waals surface area contributed by atoms with Gasteiger partial charge in [-0.3, -0.25) is 4.90 Å². The van der Waals surface area contributed by atoms with E-state index in [2.05, 4.69) is 11.8 Å². The summed E-state index contributed by atoms with van der Waals surface area (Å²) in [4.78, 5) is 2.62. The van der Waals surface area contributed by atoms with E-state index in [1.807, 2.05) is 0 Å². The molecule has 0 aromatic rings. The van der Waals surface area contributed by atoms with Crippen LogP contribution in [0.2, 0.25) is 0 Å². The second kappa shape index (κ2) is 5.99. The van der Waals surface area contributed by atoms with Crippen LogP contribution in [0.4, 0.5) is 0 Å². The lowest BCUT2D eigenvalue weighted by Gasteiger charge is -2.38. The van der Waals surface area contributed by atoms with Gasteiger partial charge in [0.15, 0.2) is 0 Å². The smallest absolute Gasteiger partial charge is 0.0495 e. The molecule has 2 rings (SSSR count). The van der Waals surface area contributed by atoms with Gasteiger partial charge in [-0.05, 0) is 51.6 Å². The Morgan fingerprint density at radius 2 is 2.25 bits per heavy atom. The minimum absolute atomic E-state index is 0.320. The van der Waals surface area contributed by atoms with Crippen LogP contribution in [0.15, 0.2) is 0 Å². The van der Waals surface area contributed by atoms with Crippen LogP contribution in [-0.2, 0) is 4.74 Å². The van der Waals surface area contributed by atoms with E-state index in [9.17, 15) is 0 Å². The van der Waals surface area contributed by atoms with E-state index >= 15 is 0 Å². The zero-order valence-electron chi connectivity index (χ0n) is 10.5. The van der Waals surface area contributed by atoms with Gasteiger partial charge in [0.25, 0.3) is 0 Å². The first-order valence-electron chi connectivity index (χ1n) is 6.85. The van der Waals surface area contributed by atoms with Crippen LogP contribution in [0.1, 0.15) is 39.0 Å². The number of hydrogen-bond acceptors (Lipinski definition) is 3. The van der Waals surface area contributed by atoms with Crippen LogP contribution in [0, 0.1) is 5.92 Å². The third-order valence-electron chi connectivity index (χ3n) is 4.12. The van der Waals surface area contributed by atoms with Crippen molar-refractivity contribution in [3.63, 3.8) is 0 Å². The number of piperidine rings is 1. The summed E-state index contributed by atoms with van der Waals surface area (Å²) in [6.07, 6.45) is 6.55. The lowest BCUT2D eigenvalue weighted by atomic mass is 9.95. The van der Waals surface area contributed by atoms with Crippen LogP contribution in [0.3, 0.4) is 0 Å². The summed E-state index contributed by atoms with van der Waals surface area (Å²) < 4.78 is 5.43. The lowest BCUT2D eigenvalue weighted by molar-refractivity contribution is 0.118. The van der Waals surface area contributed by atoms with Crippen molar-refractivity contribution in [3.05, 3.63) is 0 Å². The molecule has 0 aromatic carbocycles. The van der Waals surface area contributed by atoms with Crippen molar-refractivity contribution in [1.82, 2.24) is 4.90 Å². The highest BCUT2D eigenvalue weighted by atomic mass is 16.5. The number of likely N-dealkylation sites (tertiary alicyclic amines) is 1. The van der Waals surface area contributed by atoms with E-state index in [0.717, 1.165) is 19.1 Å². The summed E-state index contributed by atoms with van der Waals surface area (Å²) in [5.74, 6) is 0.802. The van der Waals surface area contributed by atoms with Gasteiger partial charge in [-0.2, -0.15) is 0 Å². The van der Waals surface area contributed by atoms with Crippen molar-refractivity contribution >= 4 is 0 Å². The third-order valence-corrected chi connectivity index (χ3v) is 4.12. The minimum atomic E-state index is 0.320. The molecular formula is C13H26N2O. The predicted octanol–water partition coefficient (Wildman–Crippen LogP) is 1.61. The summed E-state index contributed by atoms with van der Waals surface area (Å²) in [6.45, 7) is 6.58. The molecule has 2 heterocycles. The number of nitrogens with two attached hydrogens (primary N) is 1. The van der Waals surface area contributed by atoms with Crippen LogP contribution < -0.4 is 5.73 Å². The quantitative estimate of drug-likeness (QED) is 0.791. The van der Waals surface area contributed by atoms with Crippen LogP contribution >= 0.6 is 0 Å². The van der Waals surface area contributed by atoms with Crippen LogP contribution in [-0.4, -0.2) is 43.3 Å². The maximum Gasteiger partial charge on any atom is 0.0495 e. The summed E-state index contributed by atoms with van der Waals surface area (Å²) in [5, 5.41) is 0. The number of ether oxygens (including phenoxy) is 1. The van der Waals surface area contributed by atoms with Gasteiger partial charge in [0, 0.05) is 25.3 Å². The molecule has 0 amide bonds. The van der Waals surface area contributed by atoms with Crippen molar-refractivity contribution in [2.45, 2.75) is 51.1 Å². The molecule has 2 fully saturated rings.